The van der Waals surface area contributed by atoms with Crippen LogP contribution in [0.5, 0.6) is 0 Å². The van der Waals surface area contributed by atoms with Crippen molar-refractivity contribution < 1.29 is 13.2 Å². The summed E-state index contributed by atoms with van der Waals surface area (Å²) in [6.07, 6.45) is 1.38. The van der Waals surface area contributed by atoms with E-state index in [4.69, 9.17) is 11.6 Å². The van der Waals surface area contributed by atoms with E-state index in [0.717, 1.165) is 5.56 Å². The van der Waals surface area contributed by atoms with E-state index >= 15 is 0 Å². The van der Waals surface area contributed by atoms with E-state index in [0.29, 0.717) is 36.5 Å². The second-order valence-corrected chi connectivity index (χ2v) is 9.69. The standard InChI is InChI=1S/C21H25ClN2O3S/c1-16-7-9-17(10-8-16)13-23-21(25)19-5-3-11-24(14-19)28(26,27)15-18-4-2-6-20(22)12-18/h2,4,6-10,12,19H,3,5,11,13-15H2,1H3,(H,23,25). The van der Waals surface area contributed by atoms with Gasteiger partial charge in [-0.15, -0.1) is 0 Å². The zero-order valence-corrected chi connectivity index (χ0v) is 17.5. The fourth-order valence-corrected chi connectivity index (χ4v) is 5.19. The molecule has 0 bridgehead atoms. The minimum Gasteiger partial charge on any atom is -0.352 e. The number of rotatable bonds is 6. The Balaban J connectivity index is 1.59. The number of aryl methyl sites for hydroxylation is 1. The highest BCUT2D eigenvalue weighted by molar-refractivity contribution is 7.88. The van der Waals surface area contributed by atoms with Gasteiger partial charge in [-0.05, 0) is 43.0 Å². The lowest BCUT2D eigenvalue weighted by atomic mass is 9.98. The summed E-state index contributed by atoms with van der Waals surface area (Å²) in [5, 5.41) is 3.45. The molecule has 5 nitrogen and oxygen atoms in total. The van der Waals surface area contributed by atoms with Gasteiger partial charge in [-0.1, -0.05) is 53.6 Å². The predicted molar refractivity (Wildman–Crippen MR) is 111 cm³/mol. The van der Waals surface area contributed by atoms with Crippen LogP contribution in [0, 0.1) is 12.8 Å². The SMILES string of the molecule is Cc1ccc(CNC(=O)C2CCCN(S(=O)(=O)Cc3cccc(Cl)c3)C2)cc1. The van der Waals surface area contributed by atoms with Gasteiger partial charge in [0.1, 0.15) is 0 Å². The van der Waals surface area contributed by atoms with Gasteiger partial charge in [0.2, 0.25) is 15.9 Å². The minimum absolute atomic E-state index is 0.0942. The van der Waals surface area contributed by atoms with Crippen molar-refractivity contribution in [3.63, 3.8) is 0 Å². The summed E-state index contributed by atoms with van der Waals surface area (Å²) >= 11 is 5.96. The summed E-state index contributed by atoms with van der Waals surface area (Å²) in [5.41, 5.74) is 2.85. The number of sulfonamides is 1. The molecule has 1 fully saturated rings. The van der Waals surface area contributed by atoms with Crippen molar-refractivity contribution in [2.45, 2.75) is 32.1 Å². The van der Waals surface area contributed by atoms with Gasteiger partial charge >= 0.3 is 0 Å². The van der Waals surface area contributed by atoms with Gasteiger partial charge in [-0.3, -0.25) is 4.79 Å². The third-order valence-corrected chi connectivity index (χ3v) is 7.03. The van der Waals surface area contributed by atoms with Gasteiger partial charge in [0, 0.05) is 24.7 Å². The summed E-state index contributed by atoms with van der Waals surface area (Å²) in [6, 6.07) is 14.8. The summed E-state index contributed by atoms with van der Waals surface area (Å²) in [7, 11) is -3.50. The monoisotopic (exact) mass is 420 g/mol. The van der Waals surface area contributed by atoms with E-state index in [1.165, 1.54) is 9.87 Å². The van der Waals surface area contributed by atoms with Crippen molar-refractivity contribution >= 4 is 27.5 Å². The molecule has 1 aliphatic heterocycles. The molecule has 0 saturated carbocycles. The molecule has 1 aliphatic rings. The molecule has 1 N–H and O–H groups in total. The minimum atomic E-state index is -3.50. The van der Waals surface area contributed by atoms with Crippen LogP contribution in [0.4, 0.5) is 0 Å². The fourth-order valence-electron chi connectivity index (χ4n) is 3.38. The van der Waals surface area contributed by atoms with Gasteiger partial charge in [-0.25, -0.2) is 12.7 Å². The number of halogens is 1. The maximum absolute atomic E-state index is 12.8. The number of benzene rings is 2. The molecule has 0 spiro atoms. The van der Waals surface area contributed by atoms with Crippen LogP contribution in [0.15, 0.2) is 48.5 Å². The molecule has 150 valence electrons. The molecule has 2 aromatic rings. The smallest absolute Gasteiger partial charge is 0.224 e. The Hall–Kier alpha value is -1.89. The van der Waals surface area contributed by atoms with Gasteiger partial charge in [0.05, 0.1) is 11.7 Å². The largest absolute Gasteiger partial charge is 0.352 e. The Labute approximate surface area is 171 Å². The third kappa shape index (κ3) is 5.56. The number of hydrogen-bond acceptors (Lipinski definition) is 3. The molecule has 7 heteroatoms. The molecule has 3 rings (SSSR count). The average molecular weight is 421 g/mol. The number of piperidine rings is 1. The highest BCUT2D eigenvalue weighted by Crippen LogP contribution is 2.22. The van der Waals surface area contributed by atoms with Crippen molar-refractivity contribution in [2.24, 2.45) is 5.92 Å². The first-order valence-corrected chi connectivity index (χ1v) is 11.4. The van der Waals surface area contributed by atoms with Crippen LogP contribution >= 0.6 is 11.6 Å². The van der Waals surface area contributed by atoms with Crippen LogP contribution < -0.4 is 5.32 Å². The summed E-state index contributed by atoms with van der Waals surface area (Å²) in [6.45, 7) is 3.14. The van der Waals surface area contributed by atoms with Crippen molar-refractivity contribution in [1.29, 1.82) is 0 Å². The summed E-state index contributed by atoms with van der Waals surface area (Å²) in [5.74, 6) is -0.526. The Morgan fingerprint density at radius 3 is 2.64 bits per heavy atom. The van der Waals surface area contributed by atoms with Gasteiger partial charge in [0.15, 0.2) is 0 Å². The number of hydrogen-bond donors (Lipinski definition) is 1. The molecular formula is C21H25ClN2O3S. The Bertz CT molecular complexity index is 929. The van der Waals surface area contributed by atoms with Crippen LogP contribution in [-0.4, -0.2) is 31.7 Å². The first kappa shape index (κ1) is 20.8. The maximum Gasteiger partial charge on any atom is 0.224 e. The van der Waals surface area contributed by atoms with Crippen molar-refractivity contribution in [2.75, 3.05) is 13.1 Å². The van der Waals surface area contributed by atoms with Gasteiger partial charge in [-0.2, -0.15) is 0 Å². The fraction of sp³-hybridized carbons (Fsp3) is 0.381. The third-order valence-electron chi connectivity index (χ3n) is 4.97. The molecule has 0 aliphatic carbocycles. The van der Waals surface area contributed by atoms with Gasteiger partial charge in [0.25, 0.3) is 0 Å². The lowest BCUT2D eigenvalue weighted by Gasteiger charge is -2.31. The van der Waals surface area contributed by atoms with Crippen molar-refractivity contribution in [1.82, 2.24) is 9.62 Å². The van der Waals surface area contributed by atoms with E-state index in [2.05, 4.69) is 5.32 Å². The normalized spacial score (nSPS) is 18.0. The van der Waals surface area contributed by atoms with Crippen molar-refractivity contribution in [3.05, 3.63) is 70.2 Å². The molecule has 0 radical (unpaired) electrons. The average Bonchev–Trinajstić information content (AvgIpc) is 2.67. The van der Waals surface area contributed by atoms with Crippen LogP contribution in [0.2, 0.25) is 5.02 Å². The Morgan fingerprint density at radius 1 is 1.18 bits per heavy atom. The second kappa shape index (κ2) is 9.07. The molecule has 0 aromatic heterocycles. The Morgan fingerprint density at radius 2 is 1.93 bits per heavy atom. The zero-order chi connectivity index (χ0) is 20.1. The van der Waals surface area contributed by atoms with Crippen LogP contribution in [0.1, 0.15) is 29.5 Å². The van der Waals surface area contributed by atoms with Gasteiger partial charge < -0.3 is 5.32 Å². The zero-order valence-electron chi connectivity index (χ0n) is 15.9. The topological polar surface area (TPSA) is 66.5 Å². The maximum atomic E-state index is 12.8. The molecule has 28 heavy (non-hydrogen) atoms. The first-order chi connectivity index (χ1) is 13.3. The highest BCUT2D eigenvalue weighted by atomic mass is 35.5. The molecule has 1 unspecified atom stereocenters. The summed E-state index contributed by atoms with van der Waals surface area (Å²) in [4.78, 5) is 12.6. The van der Waals surface area contributed by atoms with Crippen LogP contribution in [0.25, 0.3) is 0 Å². The number of amides is 1. The van der Waals surface area contributed by atoms with E-state index in [1.807, 2.05) is 31.2 Å². The molecule has 2 aromatic carbocycles. The van der Waals surface area contributed by atoms with E-state index in [9.17, 15) is 13.2 Å². The Kier molecular flexibility index (Phi) is 6.75. The molecule has 1 heterocycles. The predicted octanol–water partition coefficient (Wildman–Crippen LogP) is 3.51. The number of nitrogens with one attached hydrogen (secondary N) is 1. The lowest BCUT2D eigenvalue weighted by Crippen LogP contribution is -2.45. The summed E-state index contributed by atoms with van der Waals surface area (Å²) < 4.78 is 27.0. The number of nitrogens with zero attached hydrogens (tertiary/aromatic N) is 1. The van der Waals surface area contributed by atoms with Crippen LogP contribution in [-0.2, 0) is 27.1 Å². The molecule has 1 atom stereocenters. The van der Waals surface area contributed by atoms with E-state index in [1.54, 1.807) is 24.3 Å². The molecule has 1 saturated heterocycles. The quantitative estimate of drug-likeness (QED) is 0.777. The van der Waals surface area contributed by atoms with E-state index in [-0.39, 0.29) is 24.1 Å². The van der Waals surface area contributed by atoms with Crippen molar-refractivity contribution in [3.8, 4) is 0 Å². The van der Waals surface area contributed by atoms with Crippen LogP contribution in [0.3, 0.4) is 0 Å². The lowest BCUT2D eigenvalue weighted by molar-refractivity contribution is -0.126. The highest BCUT2D eigenvalue weighted by Gasteiger charge is 2.32. The first-order valence-electron chi connectivity index (χ1n) is 9.39. The number of carbonyl (C=O) groups excluding carboxylic acids is 1. The second-order valence-electron chi connectivity index (χ2n) is 7.29. The number of carbonyl (C=O) groups is 1. The van der Waals surface area contributed by atoms with E-state index < -0.39 is 10.0 Å². The molecule has 1 amide bonds. The molecular weight excluding hydrogens is 396 g/mol.